The highest BCUT2D eigenvalue weighted by Crippen LogP contribution is 2.20. The third kappa shape index (κ3) is 9.45. The Morgan fingerprint density at radius 1 is 0.435 bits per heavy atom. The molecule has 0 aliphatic heterocycles. The van der Waals surface area contributed by atoms with Crippen molar-refractivity contribution in [3.63, 3.8) is 0 Å². The lowest BCUT2D eigenvalue weighted by Crippen LogP contribution is -2.17. The molecule has 6 nitrogen and oxygen atoms in total. The fourth-order valence-corrected chi connectivity index (χ4v) is 5.02. The molecule has 0 saturated carbocycles. The first-order chi connectivity index (χ1) is 21.9. The van der Waals surface area contributed by atoms with Crippen molar-refractivity contribution in [2.45, 2.75) is 19.6 Å². The van der Waals surface area contributed by atoms with Crippen molar-refractivity contribution >= 4 is 32.7 Å². The van der Waals surface area contributed by atoms with Crippen molar-refractivity contribution in [3.8, 4) is 0 Å². The molecule has 0 N–H and O–H groups in total. The number of hydrogen-bond donors (Lipinski definition) is 0. The van der Waals surface area contributed by atoms with Crippen LogP contribution in [0.15, 0.2) is 85.3 Å². The number of rotatable bonds is 9. The van der Waals surface area contributed by atoms with E-state index < -0.39 is 11.6 Å². The fraction of sp³-hybridized carbons (Fsp3) is 0.333. The fourth-order valence-electron chi connectivity index (χ4n) is 5.02. The van der Waals surface area contributed by atoms with Gasteiger partial charge in [0.25, 0.3) is 0 Å². The summed E-state index contributed by atoms with van der Waals surface area (Å²) >= 11 is 0. The third-order valence-corrected chi connectivity index (χ3v) is 7.65. The van der Waals surface area contributed by atoms with Gasteiger partial charge < -0.3 is 28.4 Å². The number of fused-ring (bicyclic) bond motifs is 3. The van der Waals surface area contributed by atoms with Gasteiger partial charge in [-0.3, -0.25) is 0 Å². The van der Waals surface area contributed by atoms with Gasteiger partial charge in [0.2, 0.25) is 0 Å². The summed E-state index contributed by atoms with van der Waals surface area (Å²) in [7, 11) is 12.1. The first kappa shape index (κ1) is 34.7. The molecule has 0 spiro atoms. The van der Waals surface area contributed by atoms with Gasteiger partial charge in [0, 0.05) is 80.2 Å². The maximum Gasteiger partial charge on any atom is 0.160 e. The van der Waals surface area contributed by atoms with E-state index in [1.165, 1.54) is 24.3 Å². The Kier molecular flexibility index (Phi) is 12.0. The first-order valence-corrected chi connectivity index (χ1v) is 15.3. The Balaban J connectivity index is 0.000000157. The molecule has 0 atom stereocenters. The van der Waals surface area contributed by atoms with Crippen LogP contribution in [0, 0.1) is 23.3 Å². The van der Waals surface area contributed by atoms with Crippen LogP contribution in [0.4, 0.5) is 17.6 Å². The normalized spacial score (nSPS) is 11.5. The molecular formula is C36H44F4N6. The molecule has 0 unspecified atom stereocenters. The van der Waals surface area contributed by atoms with Gasteiger partial charge in [0.05, 0.1) is 11.0 Å². The quantitative estimate of drug-likeness (QED) is 0.158. The lowest BCUT2D eigenvalue weighted by molar-refractivity contribution is 0.387. The van der Waals surface area contributed by atoms with E-state index in [0.29, 0.717) is 0 Å². The molecule has 0 fully saturated rings. The van der Waals surface area contributed by atoms with Crippen molar-refractivity contribution in [3.05, 3.63) is 109 Å². The molecule has 6 aromatic rings. The van der Waals surface area contributed by atoms with Crippen LogP contribution >= 0.6 is 0 Å². The van der Waals surface area contributed by atoms with Crippen LogP contribution in [0.1, 0.15) is 0 Å². The van der Waals surface area contributed by atoms with Gasteiger partial charge in [-0.25, -0.2) is 17.6 Å². The second-order valence-electron chi connectivity index (χ2n) is 12.2. The van der Waals surface area contributed by atoms with Crippen LogP contribution in [0.25, 0.3) is 32.7 Å². The second kappa shape index (κ2) is 15.9. The average molecular weight is 637 g/mol. The summed E-state index contributed by atoms with van der Waals surface area (Å²) in [5, 5.41) is 2.79. The zero-order valence-corrected chi connectivity index (χ0v) is 27.5. The number of hydrogen-bond acceptors (Lipinski definition) is 3. The summed E-state index contributed by atoms with van der Waals surface area (Å²) in [6.07, 6.45) is 5.87. The van der Waals surface area contributed by atoms with E-state index in [4.69, 9.17) is 0 Å². The predicted molar refractivity (Wildman–Crippen MR) is 181 cm³/mol. The highest BCUT2D eigenvalue weighted by Gasteiger charge is 2.08. The molecule has 10 heteroatoms. The van der Waals surface area contributed by atoms with Crippen LogP contribution in [-0.4, -0.2) is 90.3 Å². The number of likely N-dealkylation sites (N-methyl/N-ethyl adjacent to an activating group) is 3. The second-order valence-corrected chi connectivity index (χ2v) is 12.2. The van der Waals surface area contributed by atoms with Crippen LogP contribution in [0.5, 0.6) is 0 Å². The summed E-state index contributed by atoms with van der Waals surface area (Å²) < 4.78 is 58.3. The van der Waals surface area contributed by atoms with E-state index in [0.717, 1.165) is 72.0 Å². The van der Waals surface area contributed by atoms with E-state index in [2.05, 4.69) is 18.9 Å². The Bertz CT molecular complexity index is 1850. The van der Waals surface area contributed by atoms with Crippen molar-refractivity contribution in [2.75, 3.05) is 61.9 Å². The minimum absolute atomic E-state index is 0.173. The third-order valence-electron chi connectivity index (χ3n) is 7.65. The van der Waals surface area contributed by atoms with Gasteiger partial charge >= 0.3 is 0 Å². The van der Waals surface area contributed by atoms with E-state index >= 15 is 0 Å². The molecule has 6 rings (SSSR count). The lowest BCUT2D eigenvalue weighted by Gasteiger charge is -2.11. The predicted octanol–water partition coefficient (Wildman–Crippen LogP) is 7.17. The van der Waals surface area contributed by atoms with Gasteiger partial charge in [-0.15, -0.1) is 0 Å². The molecule has 3 heterocycles. The largest absolute Gasteiger partial charge is 0.346 e. The molecule has 246 valence electrons. The van der Waals surface area contributed by atoms with E-state index in [1.54, 1.807) is 18.2 Å². The number of nitrogens with zero attached hydrogens (tertiary/aromatic N) is 6. The molecule has 0 saturated heterocycles. The summed E-state index contributed by atoms with van der Waals surface area (Å²) in [5.41, 5.74) is 2.80. The molecule has 3 aromatic carbocycles. The minimum atomic E-state index is -0.794. The zero-order chi connectivity index (χ0) is 33.4. The summed E-state index contributed by atoms with van der Waals surface area (Å²) in [5.74, 6) is -1.93. The number of halogens is 4. The highest BCUT2D eigenvalue weighted by molar-refractivity contribution is 5.81. The molecule has 0 aliphatic carbocycles. The standard InChI is InChI=1S/C12H14F2N2.2C12H15FN2/c1-15(2)5-6-16-4-3-9-7-10(13)11(14)8-12(9)16;1-14(2)7-8-15-6-5-10-9-11(13)3-4-12(10)15;1-14(2)7-8-15-6-5-10-3-4-11(13)9-12(10)15/h3-4,7-8H,5-6H2,1-2H3;2*3-6,9H,7-8H2,1-2H3. The van der Waals surface area contributed by atoms with Crippen LogP contribution in [0.2, 0.25) is 0 Å². The van der Waals surface area contributed by atoms with Crippen molar-refractivity contribution < 1.29 is 17.6 Å². The van der Waals surface area contributed by atoms with E-state index in [1.807, 2.05) is 94.6 Å². The Hall–Kier alpha value is -4.12. The highest BCUT2D eigenvalue weighted by atomic mass is 19.2. The average Bonchev–Trinajstić information content (AvgIpc) is 3.71. The Labute approximate surface area is 268 Å². The number of aromatic nitrogens is 3. The molecule has 0 aliphatic rings. The SMILES string of the molecule is CN(C)CCn1ccc2cc(F)c(F)cc21.CN(C)CCn1ccc2cc(F)ccc21.CN(C)CCn1ccc2ccc(F)cc21. The van der Waals surface area contributed by atoms with E-state index in [9.17, 15) is 17.6 Å². The topological polar surface area (TPSA) is 24.5 Å². The Morgan fingerprint density at radius 3 is 1.39 bits per heavy atom. The van der Waals surface area contributed by atoms with Crippen molar-refractivity contribution in [1.82, 2.24) is 28.4 Å². The van der Waals surface area contributed by atoms with Gasteiger partial charge in [-0.05, 0) is 108 Å². The summed E-state index contributed by atoms with van der Waals surface area (Å²) in [6, 6.07) is 18.1. The first-order valence-electron chi connectivity index (χ1n) is 15.3. The lowest BCUT2D eigenvalue weighted by atomic mass is 10.2. The van der Waals surface area contributed by atoms with Gasteiger partial charge in [0.15, 0.2) is 11.6 Å². The van der Waals surface area contributed by atoms with Crippen LogP contribution in [-0.2, 0) is 19.6 Å². The molecule has 0 bridgehead atoms. The van der Waals surface area contributed by atoms with Gasteiger partial charge in [-0.2, -0.15) is 0 Å². The molecular weight excluding hydrogens is 592 g/mol. The molecule has 46 heavy (non-hydrogen) atoms. The molecule has 0 radical (unpaired) electrons. The van der Waals surface area contributed by atoms with Crippen LogP contribution in [0.3, 0.4) is 0 Å². The number of benzene rings is 3. The Morgan fingerprint density at radius 2 is 0.848 bits per heavy atom. The molecule has 0 amide bonds. The van der Waals surface area contributed by atoms with Crippen molar-refractivity contribution in [1.29, 1.82) is 0 Å². The van der Waals surface area contributed by atoms with E-state index in [-0.39, 0.29) is 11.6 Å². The van der Waals surface area contributed by atoms with Crippen molar-refractivity contribution in [2.24, 2.45) is 0 Å². The minimum Gasteiger partial charge on any atom is -0.346 e. The van der Waals surface area contributed by atoms with Gasteiger partial charge in [-0.1, -0.05) is 0 Å². The monoisotopic (exact) mass is 636 g/mol. The summed E-state index contributed by atoms with van der Waals surface area (Å²) in [4.78, 5) is 6.30. The summed E-state index contributed by atoms with van der Waals surface area (Å²) in [6.45, 7) is 5.40. The zero-order valence-electron chi connectivity index (χ0n) is 27.5. The molecule has 3 aromatic heterocycles. The van der Waals surface area contributed by atoms with Gasteiger partial charge in [0.1, 0.15) is 11.6 Å². The maximum absolute atomic E-state index is 13.1. The maximum atomic E-state index is 13.1. The van der Waals surface area contributed by atoms with Crippen LogP contribution < -0.4 is 0 Å². The smallest absolute Gasteiger partial charge is 0.160 e.